The summed E-state index contributed by atoms with van der Waals surface area (Å²) in [5.41, 5.74) is 0. The number of nitrogens with zero attached hydrogens (tertiary/aromatic N) is 1. The Bertz CT molecular complexity index is 287. The van der Waals surface area contributed by atoms with E-state index in [1.54, 1.807) is 6.92 Å². The summed E-state index contributed by atoms with van der Waals surface area (Å²) in [6.45, 7) is 22.0. The van der Waals surface area contributed by atoms with E-state index in [-0.39, 0.29) is 0 Å². The zero-order valence-electron chi connectivity index (χ0n) is 21.3. The number of quaternary nitrogens is 1. The van der Waals surface area contributed by atoms with E-state index < -0.39 is 12.6 Å². The van der Waals surface area contributed by atoms with Crippen LogP contribution in [0.3, 0.4) is 0 Å². The Morgan fingerprint density at radius 3 is 1.23 bits per heavy atom. The zero-order valence-corrected chi connectivity index (χ0v) is 21.3. The lowest BCUT2D eigenvalue weighted by atomic mass is 10.1. The van der Waals surface area contributed by atoms with E-state index in [2.05, 4.69) is 37.5 Å². The molecule has 0 spiro atoms. The van der Waals surface area contributed by atoms with Crippen LogP contribution in [0.5, 0.6) is 0 Å². The minimum absolute atomic E-state index is 0.297. The summed E-state index contributed by atoms with van der Waals surface area (Å²) in [7, 11) is 0. The molecule has 6 heteroatoms. The molecule has 0 aromatic heterocycles. The summed E-state index contributed by atoms with van der Waals surface area (Å²) in [6.07, 6.45) is 11.1. The normalized spacial score (nSPS) is 10.5. The van der Waals surface area contributed by atoms with Gasteiger partial charge in [-0.2, -0.15) is 4.89 Å². The lowest BCUT2D eigenvalue weighted by molar-refractivity contribution is -0.929. The second kappa shape index (κ2) is 28.3. The molecule has 6 nitrogen and oxygen atoms in total. The van der Waals surface area contributed by atoms with Crippen LogP contribution in [-0.4, -0.2) is 68.2 Å². The third-order valence-electron chi connectivity index (χ3n) is 4.75. The molecule has 1 N–H and O–H groups in total. The van der Waals surface area contributed by atoms with Crippen molar-refractivity contribution < 1.29 is 28.9 Å². The highest BCUT2D eigenvalue weighted by molar-refractivity contribution is 5.69. The van der Waals surface area contributed by atoms with Gasteiger partial charge in [-0.25, -0.2) is 4.79 Å². The molecule has 0 saturated heterocycles. The molecule has 0 bridgehead atoms. The van der Waals surface area contributed by atoms with E-state index in [1.807, 2.05) is 13.8 Å². The standard InChI is InChI=1S/C16H36N.C4H8O4.C4H10O/c1-5-9-13-17(14-10-6-2,15-11-7-3)16-12-8-4;1-2-7-8-4(6)3-5;1-3-5-4-2/h5-16H2,1-4H3;5H,2-3H2,1H3;3-4H2,1-2H3/q+1;;. The first-order valence-electron chi connectivity index (χ1n) is 12.3. The lowest BCUT2D eigenvalue weighted by Crippen LogP contribution is -2.50. The Labute approximate surface area is 187 Å². The van der Waals surface area contributed by atoms with E-state index >= 15 is 0 Å². The average Bonchev–Trinajstić information content (AvgIpc) is 2.77. The number of hydrogen-bond acceptors (Lipinski definition) is 5. The fourth-order valence-corrected chi connectivity index (χ4v) is 3.00. The van der Waals surface area contributed by atoms with Gasteiger partial charge in [0.05, 0.1) is 32.8 Å². The molecule has 0 aromatic rings. The fourth-order valence-electron chi connectivity index (χ4n) is 3.00. The highest BCUT2D eigenvalue weighted by Crippen LogP contribution is 2.16. The maximum atomic E-state index is 9.97. The third kappa shape index (κ3) is 25.3. The van der Waals surface area contributed by atoms with E-state index in [0.29, 0.717) is 6.61 Å². The van der Waals surface area contributed by atoms with Gasteiger partial charge in [0.1, 0.15) is 6.61 Å². The summed E-state index contributed by atoms with van der Waals surface area (Å²) < 4.78 is 6.25. The molecule has 0 unspecified atom stereocenters. The summed E-state index contributed by atoms with van der Waals surface area (Å²) in [6, 6.07) is 0. The predicted molar refractivity (Wildman–Crippen MR) is 126 cm³/mol. The van der Waals surface area contributed by atoms with Crippen LogP contribution < -0.4 is 0 Å². The van der Waals surface area contributed by atoms with Crippen LogP contribution >= 0.6 is 0 Å². The van der Waals surface area contributed by atoms with E-state index in [0.717, 1.165) is 13.2 Å². The molecular weight excluding hydrogens is 382 g/mol. The highest BCUT2D eigenvalue weighted by atomic mass is 17.2. The molecule has 0 saturated carbocycles. The third-order valence-corrected chi connectivity index (χ3v) is 4.75. The first-order chi connectivity index (χ1) is 14.5. The molecule has 0 atom stereocenters. The first kappa shape index (κ1) is 33.9. The van der Waals surface area contributed by atoms with Crippen LogP contribution in [0.25, 0.3) is 0 Å². The predicted octanol–water partition coefficient (Wildman–Crippen LogP) is 5.52. The zero-order chi connectivity index (χ0) is 23.5. The van der Waals surface area contributed by atoms with Crippen molar-refractivity contribution in [2.24, 2.45) is 0 Å². The monoisotopic (exact) mass is 436 g/mol. The Morgan fingerprint density at radius 2 is 1.03 bits per heavy atom. The average molecular weight is 437 g/mol. The van der Waals surface area contributed by atoms with Crippen LogP contribution in [0, 0.1) is 0 Å². The molecular formula is C24H54NO5+. The Balaban J connectivity index is -0.000000461. The molecule has 0 heterocycles. The summed E-state index contributed by atoms with van der Waals surface area (Å²) in [5.74, 6) is -0.771. The minimum atomic E-state index is -0.771. The van der Waals surface area contributed by atoms with Crippen LogP contribution in [0.2, 0.25) is 0 Å². The van der Waals surface area contributed by atoms with Crippen molar-refractivity contribution in [2.75, 3.05) is 52.6 Å². The Hall–Kier alpha value is -0.690. The van der Waals surface area contributed by atoms with Gasteiger partial charge in [-0.1, -0.05) is 53.4 Å². The smallest absolute Gasteiger partial charge is 0.367 e. The lowest BCUT2D eigenvalue weighted by Gasteiger charge is -2.39. The van der Waals surface area contributed by atoms with Gasteiger partial charge in [0.2, 0.25) is 0 Å². The molecule has 184 valence electrons. The quantitative estimate of drug-likeness (QED) is 0.185. The molecule has 0 aromatic carbocycles. The Kier molecular flexibility index (Phi) is 32.0. The second-order valence-electron chi connectivity index (χ2n) is 7.45. The largest absolute Gasteiger partial charge is 0.385 e. The molecule has 0 aliphatic carbocycles. The van der Waals surface area contributed by atoms with Crippen molar-refractivity contribution in [3.05, 3.63) is 0 Å². The Morgan fingerprint density at radius 1 is 0.667 bits per heavy atom. The van der Waals surface area contributed by atoms with Crippen molar-refractivity contribution in [1.29, 1.82) is 0 Å². The minimum Gasteiger partial charge on any atom is -0.385 e. The molecule has 0 aliphatic rings. The molecule has 0 aliphatic heterocycles. The SMILES string of the molecule is CCCC[N+](CCCC)(CCCC)CCCC.CCOCC.CCOOC(=O)CO. The van der Waals surface area contributed by atoms with Crippen LogP contribution in [0.4, 0.5) is 0 Å². The highest BCUT2D eigenvalue weighted by Gasteiger charge is 2.24. The van der Waals surface area contributed by atoms with Gasteiger partial charge in [-0.3, -0.25) is 4.89 Å². The van der Waals surface area contributed by atoms with E-state index in [9.17, 15) is 4.79 Å². The molecule has 0 fully saturated rings. The van der Waals surface area contributed by atoms with Gasteiger partial charge in [0, 0.05) is 13.2 Å². The van der Waals surface area contributed by atoms with Crippen LogP contribution in [0.15, 0.2) is 0 Å². The van der Waals surface area contributed by atoms with Crippen molar-refractivity contribution in [3.8, 4) is 0 Å². The number of aliphatic hydroxyl groups excluding tert-OH is 1. The number of ether oxygens (including phenoxy) is 1. The first-order valence-corrected chi connectivity index (χ1v) is 12.3. The van der Waals surface area contributed by atoms with Crippen LogP contribution in [0.1, 0.15) is 99.8 Å². The van der Waals surface area contributed by atoms with Gasteiger partial charge in [-0.15, -0.1) is 0 Å². The molecule has 0 rings (SSSR count). The number of aliphatic hydroxyl groups is 1. The molecule has 0 radical (unpaired) electrons. The van der Waals surface area contributed by atoms with Gasteiger partial charge < -0.3 is 14.3 Å². The maximum Gasteiger partial charge on any atom is 0.367 e. The van der Waals surface area contributed by atoms with Gasteiger partial charge in [0.15, 0.2) is 0 Å². The topological polar surface area (TPSA) is 65.0 Å². The van der Waals surface area contributed by atoms with Crippen LogP contribution in [-0.2, 0) is 19.3 Å². The fraction of sp³-hybridized carbons (Fsp3) is 0.958. The van der Waals surface area contributed by atoms with Gasteiger partial charge in [-0.05, 0) is 46.5 Å². The van der Waals surface area contributed by atoms with Crippen molar-refractivity contribution >= 4 is 5.97 Å². The second-order valence-corrected chi connectivity index (χ2v) is 7.45. The number of rotatable bonds is 17. The van der Waals surface area contributed by atoms with E-state index in [1.165, 1.54) is 82.0 Å². The summed E-state index contributed by atoms with van der Waals surface area (Å²) >= 11 is 0. The number of hydrogen-bond donors (Lipinski definition) is 1. The van der Waals surface area contributed by atoms with Crippen molar-refractivity contribution in [3.63, 3.8) is 0 Å². The van der Waals surface area contributed by atoms with Crippen molar-refractivity contribution in [2.45, 2.75) is 99.8 Å². The van der Waals surface area contributed by atoms with Gasteiger partial charge in [0.25, 0.3) is 0 Å². The number of unbranched alkanes of at least 4 members (excludes halogenated alkanes) is 4. The van der Waals surface area contributed by atoms with E-state index in [4.69, 9.17) is 9.84 Å². The summed E-state index contributed by atoms with van der Waals surface area (Å²) in [5, 5.41) is 8.01. The number of carbonyl (C=O) groups is 1. The maximum absolute atomic E-state index is 9.97. The van der Waals surface area contributed by atoms with Gasteiger partial charge >= 0.3 is 5.97 Å². The molecule has 30 heavy (non-hydrogen) atoms. The molecule has 0 amide bonds. The van der Waals surface area contributed by atoms with Crippen molar-refractivity contribution in [1.82, 2.24) is 0 Å². The summed E-state index contributed by atoms with van der Waals surface area (Å²) in [4.78, 5) is 18.1. The number of carbonyl (C=O) groups excluding carboxylic acids is 1.